The number of nitrogens with zero attached hydrogens (tertiary/aromatic N) is 1. The molecule has 1 aliphatic rings. The van der Waals surface area contributed by atoms with E-state index in [4.69, 9.17) is 5.11 Å². The largest absolute Gasteiger partial charge is 0.477 e. The number of carboxylic acid groups (broad SMARTS) is 1. The fourth-order valence-electron chi connectivity index (χ4n) is 2.46. The third kappa shape index (κ3) is 2.46. The Kier molecular flexibility index (Phi) is 3.26. The SMILES string of the molecule is CC1(O)CCC(n2cccc(C(=O)O)c2=O)CC1. The summed E-state index contributed by atoms with van der Waals surface area (Å²) in [4.78, 5) is 22.9. The maximum Gasteiger partial charge on any atom is 0.341 e. The summed E-state index contributed by atoms with van der Waals surface area (Å²) in [5.41, 5.74) is -1.32. The first-order chi connectivity index (χ1) is 8.41. The number of aromatic carboxylic acids is 1. The number of aromatic nitrogens is 1. The van der Waals surface area contributed by atoms with Crippen molar-refractivity contribution in [2.75, 3.05) is 0 Å². The molecule has 1 aromatic heterocycles. The molecule has 5 heteroatoms. The molecule has 18 heavy (non-hydrogen) atoms. The molecule has 2 rings (SSSR count). The topological polar surface area (TPSA) is 79.5 Å². The lowest BCUT2D eigenvalue weighted by Gasteiger charge is -2.33. The van der Waals surface area contributed by atoms with Crippen molar-refractivity contribution in [3.63, 3.8) is 0 Å². The van der Waals surface area contributed by atoms with E-state index in [2.05, 4.69) is 0 Å². The van der Waals surface area contributed by atoms with Crippen LogP contribution in [0.25, 0.3) is 0 Å². The number of rotatable bonds is 2. The second-order valence-electron chi connectivity index (χ2n) is 5.17. The first-order valence-electron chi connectivity index (χ1n) is 6.07. The molecule has 2 N–H and O–H groups in total. The lowest BCUT2D eigenvalue weighted by molar-refractivity contribution is 0.00944. The Morgan fingerprint density at radius 3 is 2.61 bits per heavy atom. The van der Waals surface area contributed by atoms with Crippen LogP contribution in [-0.2, 0) is 0 Å². The number of pyridine rings is 1. The molecular formula is C13H17NO4. The van der Waals surface area contributed by atoms with Gasteiger partial charge in [-0.15, -0.1) is 0 Å². The van der Waals surface area contributed by atoms with Crippen molar-refractivity contribution in [1.29, 1.82) is 0 Å². The molecule has 0 aliphatic heterocycles. The first-order valence-corrected chi connectivity index (χ1v) is 6.07. The van der Waals surface area contributed by atoms with E-state index < -0.39 is 17.1 Å². The lowest BCUT2D eigenvalue weighted by Crippen LogP contribution is -2.35. The minimum atomic E-state index is -1.20. The van der Waals surface area contributed by atoms with Gasteiger partial charge in [-0.25, -0.2) is 4.79 Å². The predicted octanol–water partition coefficient (Wildman–Crippen LogP) is 1.41. The van der Waals surface area contributed by atoms with Crippen LogP contribution < -0.4 is 5.56 Å². The summed E-state index contributed by atoms with van der Waals surface area (Å²) in [5, 5.41) is 18.8. The highest BCUT2D eigenvalue weighted by atomic mass is 16.4. The van der Waals surface area contributed by atoms with Gasteiger partial charge in [-0.2, -0.15) is 0 Å². The van der Waals surface area contributed by atoms with Crippen LogP contribution in [0.4, 0.5) is 0 Å². The maximum atomic E-state index is 12.0. The predicted molar refractivity (Wildman–Crippen MR) is 65.8 cm³/mol. The smallest absolute Gasteiger partial charge is 0.341 e. The quantitative estimate of drug-likeness (QED) is 0.833. The fraction of sp³-hybridized carbons (Fsp3) is 0.538. The Bertz CT molecular complexity index is 508. The molecule has 0 atom stereocenters. The van der Waals surface area contributed by atoms with E-state index in [1.807, 2.05) is 0 Å². The van der Waals surface area contributed by atoms with Crippen LogP contribution in [0.2, 0.25) is 0 Å². The standard InChI is InChI=1S/C13H17NO4/c1-13(18)6-4-9(5-7-13)14-8-2-3-10(11(14)15)12(16)17/h2-3,8-9,18H,4-7H2,1H3,(H,16,17). The van der Waals surface area contributed by atoms with Gasteiger partial charge < -0.3 is 14.8 Å². The second-order valence-corrected chi connectivity index (χ2v) is 5.17. The Morgan fingerprint density at radius 1 is 1.44 bits per heavy atom. The van der Waals surface area contributed by atoms with Gasteiger partial charge in [0.05, 0.1) is 5.60 Å². The summed E-state index contributed by atoms with van der Waals surface area (Å²) >= 11 is 0. The van der Waals surface area contributed by atoms with E-state index in [1.165, 1.54) is 10.6 Å². The Labute approximate surface area is 105 Å². The molecule has 1 aromatic rings. The van der Waals surface area contributed by atoms with Crippen molar-refractivity contribution in [3.8, 4) is 0 Å². The Morgan fingerprint density at radius 2 is 2.06 bits per heavy atom. The van der Waals surface area contributed by atoms with Crippen LogP contribution in [0.3, 0.4) is 0 Å². The molecule has 0 spiro atoms. The average molecular weight is 251 g/mol. The van der Waals surface area contributed by atoms with Gasteiger partial charge in [-0.05, 0) is 44.7 Å². The van der Waals surface area contributed by atoms with Crippen molar-refractivity contribution >= 4 is 5.97 Å². The van der Waals surface area contributed by atoms with Gasteiger partial charge in [0, 0.05) is 12.2 Å². The molecule has 1 fully saturated rings. The molecule has 0 amide bonds. The molecule has 0 bridgehead atoms. The van der Waals surface area contributed by atoms with Crippen molar-refractivity contribution < 1.29 is 15.0 Å². The number of hydrogen-bond acceptors (Lipinski definition) is 3. The van der Waals surface area contributed by atoms with Crippen LogP contribution in [0.15, 0.2) is 23.1 Å². The van der Waals surface area contributed by atoms with Crippen molar-refractivity contribution in [1.82, 2.24) is 4.57 Å². The summed E-state index contributed by atoms with van der Waals surface area (Å²) in [5.74, 6) is -1.20. The van der Waals surface area contributed by atoms with Crippen LogP contribution >= 0.6 is 0 Å². The maximum absolute atomic E-state index is 12.0. The molecule has 98 valence electrons. The van der Waals surface area contributed by atoms with Gasteiger partial charge in [-0.3, -0.25) is 4.79 Å². The van der Waals surface area contributed by atoms with Gasteiger partial charge in [0.15, 0.2) is 0 Å². The van der Waals surface area contributed by atoms with Crippen LogP contribution in [0.5, 0.6) is 0 Å². The minimum Gasteiger partial charge on any atom is -0.477 e. The van der Waals surface area contributed by atoms with Crippen LogP contribution in [0.1, 0.15) is 49.0 Å². The van der Waals surface area contributed by atoms with E-state index in [0.717, 1.165) is 0 Å². The van der Waals surface area contributed by atoms with Crippen molar-refractivity contribution in [2.24, 2.45) is 0 Å². The molecule has 5 nitrogen and oxygen atoms in total. The number of carbonyl (C=O) groups is 1. The second kappa shape index (κ2) is 4.57. The van der Waals surface area contributed by atoms with Gasteiger partial charge in [-0.1, -0.05) is 0 Å². The minimum absolute atomic E-state index is 0.0166. The number of hydrogen-bond donors (Lipinski definition) is 2. The highest BCUT2D eigenvalue weighted by Gasteiger charge is 2.30. The first kappa shape index (κ1) is 12.8. The van der Waals surface area contributed by atoms with Crippen molar-refractivity contribution in [2.45, 2.75) is 44.2 Å². The van der Waals surface area contributed by atoms with Gasteiger partial charge in [0.2, 0.25) is 0 Å². The van der Waals surface area contributed by atoms with E-state index in [1.54, 1.807) is 19.2 Å². The molecule has 1 saturated carbocycles. The van der Waals surface area contributed by atoms with Crippen molar-refractivity contribution in [3.05, 3.63) is 34.2 Å². The summed E-state index contributed by atoms with van der Waals surface area (Å²) < 4.78 is 1.48. The van der Waals surface area contributed by atoms with E-state index in [9.17, 15) is 14.7 Å². The molecule has 1 aliphatic carbocycles. The van der Waals surface area contributed by atoms with E-state index in [-0.39, 0.29) is 11.6 Å². The molecule has 0 saturated heterocycles. The molecule has 0 radical (unpaired) electrons. The summed E-state index contributed by atoms with van der Waals surface area (Å²) in [6, 6.07) is 2.88. The molecule has 1 heterocycles. The van der Waals surface area contributed by atoms with Gasteiger partial charge in [0.1, 0.15) is 5.56 Å². The van der Waals surface area contributed by atoms with Crippen LogP contribution in [0, 0.1) is 0 Å². The highest BCUT2D eigenvalue weighted by Crippen LogP contribution is 2.33. The monoisotopic (exact) mass is 251 g/mol. The zero-order valence-corrected chi connectivity index (χ0v) is 10.3. The molecule has 0 aromatic carbocycles. The third-order valence-corrected chi connectivity index (χ3v) is 3.63. The van der Waals surface area contributed by atoms with E-state index >= 15 is 0 Å². The van der Waals surface area contributed by atoms with Crippen LogP contribution in [-0.4, -0.2) is 26.4 Å². The zero-order valence-electron chi connectivity index (χ0n) is 10.3. The third-order valence-electron chi connectivity index (χ3n) is 3.63. The Balaban J connectivity index is 2.28. The summed E-state index contributed by atoms with van der Waals surface area (Å²) in [6.45, 7) is 1.79. The average Bonchev–Trinajstić information content (AvgIpc) is 2.29. The highest BCUT2D eigenvalue weighted by molar-refractivity contribution is 5.86. The lowest BCUT2D eigenvalue weighted by atomic mass is 9.83. The molecule has 0 unspecified atom stereocenters. The van der Waals surface area contributed by atoms with Gasteiger partial charge in [0.25, 0.3) is 5.56 Å². The fourth-order valence-corrected chi connectivity index (χ4v) is 2.46. The summed E-state index contributed by atoms with van der Waals surface area (Å²) in [7, 11) is 0. The Hall–Kier alpha value is -1.62. The molecular weight excluding hydrogens is 234 g/mol. The normalized spacial score (nSPS) is 28.0. The number of carboxylic acids is 1. The van der Waals surface area contributed by atoms with Gasteiger partial charge >= 0.3 is 5.97 Å². The van der Waals surface area contributed by atoms with E-state index in [0.29, 0.717) is 25.7 Å². The summed E-state index contributed by atoms with van der Waals surface area (Å²) in [6.07, 6.45) is 4.26. The zero-order chi connectivity index (χ0) is 13.3. The number of aliphatic hydroxyl groups is 1.